The number of terminal acetylenes is 1. The summed E-state index contributed by atoms with van der Waals surface area (Å²) in [6.07, 6.45) is 6.37. The van der Waals surface area contributed by atoms with Gasteiger partial charge in [0.15, 0.2) is 0 Å². The fourth-order valence-corrected chi connectivity index (χ4v) is 1.23. The third-order valence-electron chi connectivity index (χ3n) is 1.95. The first-order chi connectivity index (χ1) is 7.36. The van der Waals surface area contributed by atoms with Crippen molar-refractivity contribution < 1.29 is 4.74 Å². The summed E-state index contributed by atoms with van der Waals surface area (Å²) in [6, 6.07) is 7.82. The molecule has 80 valence electrons. The smallest absolute Gasteiger partial charge is 0.0639 e. The molecule has 15 heavy (non-hydrogen) atoms. The maximum Gasteiger partial charge on any atom is 0.0639 e. The number of nitrogens with one attached hydrogen (secondary N) is 1. The monoisotopic (exact) mass is 203 g/mol. The number of hydrogen-bond donors (Lipinski definition) is 1. The molecule has 0 amide bonds. The lowest BCUT2D eigenvalue weighted by Crippen LogP contribution is -2.09. The highest BCUT2D eigenvalue weighted by Crippen LogP contribution is 2.08. The van der Waals surface area contributed by atoms with Gasteiger partial charge < -0.3 is 10.1 Å². The van der Waals surface area contributed by atoms with Gasteiger partial charge in [-0.2, -0.15) is 0 Å². The van der Waals surface area contributed by atoms with E-state index < -0.39 is 0 Å². The average molecular weight is 203 g/mol. The molecule has 0 spiro atoms. The van der Waals surface area contributed by atoms with E-state index in [4.69, 9.17) is 11.2 Å². The maximum atomic E-state index is 5.36. The number of rotatable bonds is 6. The molecule has 0 aliphatic heterocycles. The summed E-state index contributed by atoms with van der Waals surface area (Å²) < 4.78 is 5.36. The van der Waals surface area contributed by atoms with E-state index in [0.29, 0.717) is 0 Å². The zero-order valence-electron chi connectivity index (χ0n) is 9.12. The lowest BCUT2D eigenvalue weighted by atomic mass is 10.2. The fraction of sp³-hybridized carbons (Fsp3) is 0.385. The van der Waals surface area contributed by atoms with E-state index >= 15 is 0 Å². The van der Waals surface area contributed by atoms with Gasteiger partial charge in [-0.1, -0.05) is 18.9 Å². The molecule has 1 aromatic carbocycles. The van der Waals surface area contributed by atoms with Gasteiger partial charge in [-0.15, -0.1) is 6.42 Å². The van der Waals surface area contributed by atoms with Gasteiger partial charge in [-0.25, -0.2) is 0 Å². The van der Waals surface area contributed by atoms with Gasteiger partial charge in [0.1, 0.15) is 0 Å². The van der Waals surface area contributed by atoms with Crippen molar-refractivity contribution in [2.45, 2.75) is 13.3 Å². The Morgan fingerprint density at radius 1 is 1.40 bits per heavy atom. The van der Waals surface area contributed by atoms with E-state index in [2.05, 4.69) is 18.2 Å². The Balaban J connectivity index is 2.28. The molecule has 2 heteroatoms. The molecule has 1 rings (SSSR count). The van der Waals surface area contributed by atoms with Crippen LogP contribution in [0.1, 0.15) is 18.9 Å². The van der Waals surface area contributed by atoms with Crippen LogP contribution in [0.5, 0.6) is 0 Å². The van der Waals surface area contributed by atoms with Crippen LogP contribution < -0.4 is 5.32 Å². The molecule has 0 fully saturated rings. The zero-order valence-corrected chi connectivity index (χ0v) is 9.12. The summed E-state index contributed by atoms with van der Waals surface area (Å²) in [5, 5.41) is 3.26. The summed E-state index contributed by atoms with van der Waals surface area (Å²) in [4.78, 5) is 0. The Kier molecular flexibility index (Phi) is 5.35. The van der Waals surface area contributed by atoms with Crippen molar-refractivity contribution in [1.82, 2.24) is 0 Å². The van der Waals surface area contributed by atoms with Gasteiger partial charge in [-0.05, 0) is 24.6 Å². The highest BCUT2D eigenvalue weighted by molar-refractivity contribution is 5.49. The Bertz CT molecular complexity index is 328. The topological polar surface area (TPSA) is 21.3 Å². The van der Waals surface area contributed by atoms with Crippen molar-refractivity contribution in [2.75, 3.05) is 25.1 Å². The van der Waals surface area contributed by atoms with Crippen LogP contribution >= 0.6 is 0 Å². The summed E-state index contributed by atoms with van der Waals surface area (Å²) in [5.74, 6) is 2.61. The predicted molar refractivity (Wildman–Crippen MR) is 64.0 cm³/mol. The average Bonchev–Trinajstić information content (AvgIpc) is 2.29. The molecule has 0 bridgehead atoms. The van der Waals surface area contributed by atoms with E-state index in [1.807, 2.05) is 24.3 Å². The minimum absolute atomic E-state index is 0.730. The molecule has 1 aromatic rings. The summed E-state index contributed by atoms with van der Waals surface area (Å²) in [6.45, 7) is 4.47. The summed E-state index contributed by atoms with van der Waals surface area (Å²) in [5.41, 5.74) is 1.94. The van der Waals surface area contributed by atoms with Crippen LogP contribution in [0.3, 0.4) is 0 Å². The highest BCUT2D eigenvalue weighted by atomic mass is 16.5. The van der Waals surface area contributed by atoms with Crippen molar-refractivity contribution in [1.29, 1.82) is 0 Å². The fourth-order valence-electron chi connectivity index (χ4n) is 1.23. The largest absolute Gasteiger partial charge is 0.383 e. The van der Waals surface area contributed by atoms with E-state index in [1.165, 1.54) is 0 Å². The minimum Gasteiger partial charge on any atom is -0.383 e. The molecule has 0 aliphatic rings. The van der Waals surface area contributed by atoms with Crippen LogP contribution in [-0.4, -0.2) is 19.8 Å². The predicted octanol–water partition coefficient (Wildman–Crippen LogP) is 2.51. The summed E-state index contributed by atoms with van der Waals surface area (Å²) >= 11 is 0. The first-order valence-corrected chi connectivity index (χ1v) is 5.25. The molecular formula is C13H17NO. The summed E-state index contributed by atoms with van der Waals surface area (Å²) in [7, 11) is 0. The van der Waals surface area contributed by atoms with E-state index in [-0.39, 0.29) is 0 Å². The Morgan fingerprint density at radius 3 is 3.00 bits per heavy atom. The molecular weight excluding hydrogens is 186 g/mol. The van der Waals surface area contributed by atoms with E-state index in [1.54, 1.807) is 0 Å². The standard InChI is InChI=1S/C13H17NO/c1-3-9-15-10-8-14-13-7-5-6-12(4-2)11-13/h2,5-7,11,14H,3,8-10H2,1H3. The second-order valence-corrected chi connectivity index (χ2v) is 3.26. The van der Waals surface area contributed by atoms with Crippen molar-refractivity contribution in [3.05, 3.63) is 29.8 Å². The van der Waals surface area contributed by atoms with Crippen LogP contribution in [0.15, 0.2) is 24.3 Å². The van der Waals surface area contributed by atoms with Gasteiger partial charge in [0.2, 0.25) is 0 Å². The molecule has 0 atom stereocenters. The molecule has 0 saturated heterocycles. The van der Waals surface area contributed by atoms with Crippen molar-refractivity contribution in [2.24, 2.45) is 0 Å². The Morgan fingerprint density at radius 2 is 2.27 bits per heavy atom. The molecule has 0 aliphatic carbocycles. The molecule has 0 aromatic heterocycles. The van der Waals surface area contributed by atoms with Crippen LogP contribution in [0.2, 0.25) is 0 Å². The molecule has 0 radical (unpaired) electrons. The molecule has 0 unspecified atom stereocenters. The first-order valence-electron chi connectivity index (χ1n) is 5.25. The SMILES string of the molecule is C#Cc1cccc(NCCOCCC)c1. The zero-order chi connectivity index (χ0) is 10.9. The highest BCUT2D eigenvalue weighted by Gasteiger charge is 1.92. The lowest BCUT2D eigenvalue weighted by Gasteiger charge is -2.06. The Labute approximate surface area is 91.6 Å². The normalized spacial score (nSPS) is 9.60. The molecule has 2 nitrogen and oxygen atoms in total. The van der Waals surface area contributed by atoms with Crippen LogP contribution in [0, 0.1) is 12.3 Å². The van der Waals surface area contributed by atoms with Crippen molar-refractivity contribution >= 4 is 5.69 Å². The molecule has 1 N–H and O–H groups in total. The van der Waals surface area contributed by atoms with Crippen molar-refractivity contribution in [3.8, 4) is 12.3 Å². The third-order valence-corrected chi connectivity index (χ3v) is 1.95. The van der Waals surface area contributed by atoms with Gasteiger partial charge >= 0.3 is 0 Å². The molecule has 0 saturated carbocycles. The lowest BCUT2D eigenvalue weighted by molar-refractivity contribution is 0.144. The number of hydrogen-bond acceptors (Lipinski definition) is 2. The Hall–Kier alpha value is -1.46. The van der Waals surface area contributed by atoms with Crippen LogP contribution in [0.4, 0.5) is 5.69 Å². The van der Waals surface area contributed by atoms with Crippen LogP contribution in [0.25, 0.3) is 0 Å². The van der Waals surface area contributed by atoms with Gasteiger partial charge in [0.05, 0.1) is 6.61 Å². The van der Waals surface area contributed by atoms with Crippen LogP contribution in [-0.2, 0) is 4.74 Å². The first kappa shape index (κ1) is 11.6. The second-order valence-electron chi connectivity index (χ2n) is 3.26. The third kappa shape index (κ3) is 4.53. The number of benzene rings is 1. The minimum atomic E-state index is 0.730. The van der Waals surface area contributed by atoms with Crippen molar-refractivity contribution in [3.63, 3.8) is 0 Å². The number of ether oxygens (including phenoxy) is 1. The quantitative estimate of drug-likeness (QED) is 0.566. The van der Waals surface area contributed by atoms with E-state index in [0.717, 1.165) is 37.4 Å². The maximum absolute atomic E-state index is 5.36. The van der Waals surface area contributed by atoms with Gasteiger partial charge in [0.25, 0.3) is 0 Å². The van der Waals surface area contributed by atoms with Gasteiger partial charge in [-0.3, -0.25) is 0 Å². The second kappa shape index (κ2) is 6.92. The van der Waals surface area contributed by atoms with E-state index in [9.17, 15) is 0 Å². The molecule has 0 heterocycles. The van der Waals surface area contributed by atoms with Gasteiger partial charge in [0, 0.05) is 24.4 Å². The number of anilines is 1.